The summed E-state index contributed by atoms with van der Waals surface area (Å²) >= 11 is 7.54. The number of benzene rings is 1. The normalized spacial score (nSPS) is 10.5. The van der Waals surface area contributed by atoms with Gasteiger partial charge in [0, 0.05) is 23.5 Å². The monoisotopic (exact) mass is 347 g/mol. The van der Waals surface area contributed by atoms with Gasteiger partial charge in [-0.1, -0.05) is 11.6 Å². The van der Waals surface area contributed by atoms with Crippen molar-refractivity contribution in [3.05, 3.63) is 58.8 Å². The summed E-state index contributed by atoms with van der Waals surface area (Å²) in [5.41, 5.74) is 1.36. The lowest BCUT2D eigenvalue weighted by atomic mass is 10.2. The summed E-state index contributed by atoms with van der Waals surface area (Å²) in [4.78, 5) is 16.6. The summed E-state index contributed by atoms with van der Waals surface area (Å²) in [6.45, 7) is 0. The average Bonchev–Trinajstić information content (AvgIpc) is 3.18. The first-order valence-electron chi connectivity index (χ1n) is 6.87. The van der Waals surface area contributed by atoms with Gasteiger partial charge in [0.15, 0.2) is 5.13 Å². The van der Waals surface area contributed by atoms with Crippen LogP contribution in [0, 0.1) is 0 Å². The van der Waals surface area contributed by atoms with Crippen molar-refractivity contribution >= 4 is 34.5 Å². The van der Waals surface area contributed by atoms with Gasteiger partial charge in [-0.25, -0.2) is 4.98 Å². The molecule has 1 amide bonds. The third-order valence-electron chi connectivity index (χ3n) is 3.14. The maximum Gasteiger partial charge on any atom is 0.230 e. The fourth-order valence-corrected chi connectivity index (χ4v) is 3.12. The van der Waals surface area contributed by atoms with E-state index in [0.29, 0.717) is 16.5 Å². The fourth-order valence-electron chi connectivity index (χ4n) is 2.07. The van der Waals surface area contributed by atoms with Crippen LogP contribution in [0.25, 0.3) is 5.13 Å². The SMILES string of the molecule is COc1ccc(NC(=O)Cc2csc(-n3cccc3)n2)cc1Cl. The summed E-state index contributed by atoms with van der Waals surface area (Å²) < 4.78 is 7.00. The molecule has 0 aliphatic heterocycles. The number of thiazole rings is 1. The number of anilines is 1. The van der Waals surface area contributed by atoms with Crippen LogP contribution in [0.5, 0.6) is 5.75 Å². The number of carbonyl (C=O) groups excluding carboxylic acids is 1. The van der Waals surface area contributed by atoms with Gasteiger partial charge in [-0.15, -0.1) is 11.3 Å². The van der Waals surface area contributed by atoms with Crippen molar-refractivity contribution in [2.24, 2.45) is 0 Å². The average molecular weight is 348 g/mol. The number of nitrogens with one attached hydrogen (secondary N) is 1. The minimum absolute atomic E-state index is 0.143. The second-order valence-corrected chi connectivity index (χ2v) is 6.03. The van der Waals surface area contributed by atoms with Crippen LogP contribution in [-0.4, -0.2) is 22.6 Å². The molecule has 2 aromatic heterocycles. The van der Waals surface area contributed by atoms with Crippen LogP contribution >= 0.6 is 22.9 Å². The molecule has 0 saturated heterocycles. The quantitative estimate of drug-likeness (QED) is 0.764. The summed E-state index contributed by atoms with van der Waals surface area (Å²) in [6, 6.07) is 8.98. The standard InChI is InChI=1S/C16H14ClN3O2S/c1-22-14-5-4-11(8-13(14)17)18-15(21)9-12-10-23-16(19-12)20-6-2-3-7-20/h2-8,10H,9H2,1H3,(H,18,21). The molecule has 5 nitrogen and oxygen atoms in total. The highest BCUT2D eigenvalue weighted by molar-refractivity contribution is 7.12. The first-order chi connectivity index (χ1) is 11.2. The molecule has 0 bridgehead atoms. The fraction of sp³-hybridized carbons (Fsp3) is 0.125. The van der Waals surface area contributed by atoms with Gasteiger partial charge in [-0.05, 0) is 30.3 Å². The van der Waals surface area contributed by atoms with Gasteiger partial charge >= 0.3 is 0 Å². The molecule has 3 rings (SSSR count). The number of rotatable bonds is 5. The molecule has 118 valence electrons. The first-order valence-corrected chi connectivity index (χ1v) is 8.12. The van der Waals surface area contributed by atoms with Gasteiger partial charge < -0.3 is 14.6 Å². The van der Waals surface area contributed by atoms with Crippen molar-refractivity contribution in [2.75, 3.05) is 12.4 Å². The smallest absolute Gasteiger partial charge is 0.230 e. The summed E-state index contributed by atoms with van der Waals surface area (Å²) in [5, 5.41) is 5.98. The van der Waals surface area contributed by atoms with E-state index in [4.69, 9.17) is 16.3 Å². The molecule has 0 aliphatic carbocycles. The summed E-state index contributed by atoms with van der Waals surface area (Å²) in [6.07, 6.45) is 4.05. The van der Waals surface area contributed by atoms with E-state index in [1.54, 1.807) is 25.3 Å². The Balaban J connectivity index is 1.64. The Hall–Kier alpha value is -2.31. The third kappa shape index (κ3) is 3.72. The van der Waals surface area contributed by atoms with E-state index in [0.717, 1.165) is 10.8 Å². The number of hydrogen-bond acceptors (Lipinski definition) is 4. The molecule has 0 fully saturated rings. The maximum atomic E-state index is 12.1. The molecule has 7 heteroatoms. The molecule has 23 heavy (non-hydrogen) atoms. The van der Waals surface area contributed by atoms with Crippen molar-refractivity contribution in [2.45, 2.75) is 6.42 Å². The highest BCUT2D eigenvalue weighted by Crippen LogP contribution is 2.27. The molecule has 0 aliphatic rings. The second kappa shape index (κ2) is 6.85. The van der Waals surface area contributed by atoms with Gasteiger partial charge in [-0.3, -0.25) is 4.79 Å². The Kier molecular flexibility index (Phi) is 4.64. The second-order valence-electron chi connectivity index (χ2n) is 4.79. The Morgan fingerprint density at radius 1 is 1.39 bits per heavy atom. The van der Waals surface area contributed by atoms with Crippen molar-refractivity contribution in [3.63, 3.8) is 0 Å². The number of methoxy groups -OCH3 is 1. The van der Waals surface area contributed by atoms with Crippen LogP contribution in [-0.2, 0) is 11.2 Å². The molecule has 3 aromatic rings. The maximum absolute atomic E-state index is 12.1. The first kappa shape index (κ1) is 15.6. The van der Waals surface area contributed by atoms with E-state index in [1.807, 2.05) is 34.5 Å². The molecule has 0 radical (unpaired) electrons. The number of nitrogens with zero attached hydrogens (tertiary/aromatic N) is 2. The summed E-state index contributed by atoms with van der Waals surface area (Å²) in [5.74, 6) is 0.427. The zero-order valence-electron chi connectivity index (χ0n) is 12.3. The van der Waals surface area contributed by atoms with Crippen molar-refractivity contribution < 1.29 is 9.53 Å². The molecular formula is C16H14ClN3O2S. The van der Waals surface area contributed by atoms with Crippen LogP contribution in [0.1, 0.15) is 5.69 Å². The lowest BCUT2D eigenvalue weighted by Gasteiger charge is -2.07. The van der Waals surface area contributed by atoms with Gasteiger partial charge in [0.1, 0.15) is 5.75 Å². The molecule has 0 unspecified atom stereocenters. The van der Waals surface area contributed by atoms with E-state index < -0.39 is 0 Å². The van der Waals surface area contributed by atoms with E-state index in [9.17, 15) is 4.79 Å². The van der Waals surface area contributed by atoms with E-state index >= 15 is 0 Å². The van der Waals surface area contributed by atoms with Crippen LogP contribution < -0.4 is 10.1 Å². The zero-order valence-corrected chi connectivity index (χ0v) is 13.9. The number of aromatic nitrogens is 2. The van der Waals surface area contributed by atoms with Gasteiger partial charge in [0.25, 0.3) is 0 Å². The van der Waals surface area contributed by atoms with Gasteiger partial charge in [0.05, 0.1) is 24.2 Å². The van der Waals surface area contributed by atoms with E-state index in [1.165, 1.54) is 11.3 Å². The van der Waals surface area contributed by atoms with Crippen LogP contribution in [0.15, 0.2) is 48.1 Å². The van der Waals surface area contributed by atoms with Gasteiger partial charge in [-0.2, -0.15) is 0 Å². The Labute approximate surface area is 142 Å². The predicted molar refractivity (Wildman–Crippen MR) is 91.8 cm³/mol. The van der Waals surface area contributed by atoms with Crippen LogP contribution in [0.2, 0.25) is 5.02 Å². The minimum atomic E-state index is -0.143. The highest BCUT2D eigenvalue weighted by atomic mass is 35.5. The Morgan fingerprint density at radius 2 is 2.17 bits per heavy atom. The zero-order chi connectivity index (χ0) is 16.2. The number of ether oxygens (including phenoxy) is 1. The summed E-state index contributed by atoms with van der Waals surface area (Å²) in [7, 11) is 1.55. The number of halogens is 1. The molecule has 1 aromatic carbocycles. The molecule has 0 atom stereocenters. The predicted octanol–water partition coefficient (Wildman–Crippen LogP) is 3.78. The number of carbonyl (C=O) groups is 1. The van der Waals surface area contributed by atoms with Gasteiger partial charge in [0.2, 0.25) is 5.91 Å². The minimum Gasteiger partial charge on any atom is -0.495 e. The third-order valence-corrected chi connectivity index (χ3v) is 4.34. The van der Waals surface area contributed by atoms with Crippen molar-refractivity contribution in [1.82, 2.24) is 9.55 Å². The molecule has 1 N–H and O–H groups in total. The Morgan fingerprint density at radius 3 is 2.87 bits per heavy atom. The Bertz CT molecular complexity index is 815. The number of hydrogen-bond donors (Lipinski definition) is 1. The molecule has 2 heterocycles. The van der Waals surface area contributed by atoms with Crippen molar-refractivity contribution in [1.29, 1.82) is 0 Å². The molecular weight excluding hydrogens is 334 g/mol. The topological polar surface area (TPSA) is 56.1 Å². The molecule has 0 saturated carbocycles. The van der Waals surface area contributed by atoms with Crippen molar-refractivity contribution in [3.8, 4) is 10.9 Å². The van der Waals surface area contributed by atoms with E-state index in [-0.39, 0.29) is 12.3 Å². The van der Waals surface area contributed by atoms with Crippen LogP contribution in [0.4, 0.5) is 5.69 Å². The largest absolute Gasteiger partial charge is 0.495 e. The van der Waals surface area contributed by atoms with Crippen LogP contribution in [0.3, 0.4) is 0 Å². The highest BCUT2D eigenvalue weighted by Gasteiger charge is 2.10. The number of amides is 1. The lowest BCUT2D eigenvalue weighted by molar-refractivity contribution is -0.115. The van der Waals surface area contributed by atoms with E-state index in [2.05, 4.69) is 10.3 Å². The molecule has 0 spiro atoms. The lowest BCUT2D eigenvalue weighted by Crippen LogP contribution is -2.14.